The predicted molar refractivity (Wildman–Crippen MR) is 127 cm³/mol. The number of hydrogen-bond acceptors (Lipinski definition) is 3. The van der Waals surface area contributed by atoms with Crippen molar-refractivity contribution in [3.05, 3.63) is 81.7 Å². The predicted octanol–water partition coefficient (Wildman–Crippen LogP) is 4.84. The lowest BCUT2D eigenvalue weighted by Gasteiger charge is -2.14. The minimum atomic E-state index is -0.196. The van der Waals surface area contributed by atoms with Gasteiger partial charge in [0.2, 0.25) is 5.96 Å². The summed E-state index contributed by atoms with van der Waals surface area (Å²) < 4.78 is 1.98. The van der Waals surface area contributed by atoms with Crippen LogP contribution in [0.2, 0.25) is 0 Å². The van der Waals surface area contributed by atoms with Gasteiger partial charge in [-0.3, -0.25) is 14.8 Å². The molecule has 0 radical (unpaired) electrons. The second-order valence-corrected chi connectivity index (χ2v) is 7.90. The van der Waals surface area contributed by atoms with Gasteiger partial charge in [-0.15, -0.1) is 0 Å². The number of nitrogens with one attached hydrogen (secondary N) is 2. The van der Waals surface area contributed by atoms with Gasteiger partial charge in [-0.2, -0.15) is 5.10 Å². The second kappa shape index (κ2) is 9.60. The Balaban J connectivity index is 1.91. The standard InChI is InChI=1S/C25H31N5O/c1-7-30-20(6)22(19(5)29-30)15-26-25(27-23-14-17(3)11-12-18(23)4)28-24(31)21-10-8-9-16(2)13-21/h8-14H,7,15H2,1-6H3,(H2,26,27,28,31). The number of nitrogens with zero attached hydrogens (tertiary/aromatic N) is 3. The highest BCUT2D eigenvalue weighted by Gasteiger charge is 2.13. The SMILES string of the molecule is CCn1nc(C)c(CN=C(NC(=O)c2cccc(C)c2)Nc2cc(C)ccc2C)c1C. The smallest absolute Gasteiger partial charge is 0.257 e. The first-order chi connectivity index (χ1) is 14.8. The fourth-order valence-electron chi connectivity index (χ4n) is 3.50. The lowest BCUT2D eigenvalue weighted by Crippen LogP contribution is -2.36. The van der Waals surface area contributed by atoms with E-state index in [4.69, 9.17) is 4.99 Å². The Morgan fingerprint density at radius 3 is 2.45 bits per heavy atom. The van der Waals surface area contributed by atoms with Crippen LogP contribution in [0.1, 0.15) is 50.9 Å². The third-order valence-corrected chi connectivity index (χ3v) is 5.38. The first kappa shape index (κ1) is 22.3. The van der Waals surface area contributed by atoms with Gasteiger partial charge in [0.05, 0.1) is 12.2 Å². The number of rotatable bonds is 5. The molecule has 0 aliphatic heterocycles. The summed E-state index contributed by atoms with van der Waals surface area (Å²) in [6.07, 6.45) is 0. The maximum atomic E-state index is 12.9. The number of carbonyl (C=O) groups is 1. The van der Waals surface area contributed by atoms with Crippen molar-refractivity contribution in [1.29, 1.82) is 0 Å². The summed E-state index contributed by atoms with van der Waals surface area (Å²) in [5, 5.41) is 10.9. The molecular weight excluding hydrogens is 386 g/mol. The molecule has 0 fully saturated rings. The molecule has 3 aromatic rings. The zero-order chi connectivity index (χ0) is 22.5. The van der Waals surface area contributed by atoms with Crippen LogP contribution >= 0.6 is 0 Å². The average molecular weight is 418 g/mol. The van der Waals surface area contributed by atoms with Crippen molar-refractivity contribution in [3.63, 3.8) is 0 Å². The quantitative estimate of drug-likeness (QED) is 0.461. The van der Waals surface area contributed by atoms with Crippen LogP contribution in [0, 0.1) is 34.6 Å². The molecule has 0 aliphatic rings. The van der Waals surface area contributed by atoms with E-state index in [9.17, 15) is 4.79 Å². The summed E-state index contributed by atoms with van der Waals surface area (Å²) in [7, 11) is 0. The van der Waals surface area contributed by atoms with E-state index in [0.29, 0.717) is 18.1 Å². The highest BCUT2D eigenvalue weighted by atomic mass is 16.1. The van der Waals surface area contributed by atoms with Gasteiger partial charge in [-0.25, -0.2) is 4.99 Å². The first-order valence-corrected chi connectivity index (χ1v) is 10.6. The third-order valence-electron chi connectivity index (χ3n) is 5.38. The maximum Gasteiger partial charge on any atom is 0.257 e. The number of anilines is 1. The molecule has 0 aliphatic carbocycles. The molecule has 3 rings (SSSR count). The van der Waals surface area contributed by atoms with Crippen LogP contribution in [-0.4, -0.2) is 21.6 Å². The van der Waals surface area contributed by atoms with Crippen molar-refractivity contribution in [2.45, 2.75) is 54.6 Å². The van der Waals surface area contributed by atoms with Crippen molar-refractivity contribution in [3.8, 4) is 0 Å². The molecule has 0 atom stereocenters. The molecule has 31 heavy (non-hydrogen) atoms. The number of hydrogen-bond donors (Lipinski definition) is 2. The highest BCUT2D eigenvalue weighted by Crippen LogP contribution is 2.18. The molecule has 1 heterocycles. The van der Waals surface area contributed by atoms with E-state index in [-0.39, 0.29) is 5.91 Å². The molecule has 0 bridgehead atoms. The lowest BCUT2D eigenvalue weighted by molar-refractivity contribution is 0.0977. The maximum absolute atomic E-state index is 12.9. The third kappa shape index (κ3) is 5.40. The number of benzene rings is 2. The van der Waals surface area contributed by atoms with Crippen molar-refractivity contribution in [2.75, 3.05) is 5.32 Å². The molecule has 6 heteroatoms. The second-order valence-electron chi connectivity index (χ2n) is 7.90. The lowest BCUT2D eigenvalue weighted by atomic mass is 10.1. The van der Waals surface area contributed by atoms with E-state index in [1.165, 1.54) is 0 Å². The van der Waals surface area contributed by atoms with E-state index in [2.05, 4.69) is 47.8 Å². The molecule has 1 aromatic heterocycles. The van der Waals surface area contributed by atoms with E-state index < -0.39 is 0 Å². The van der Waals surface area contributed by atoms with Gasteiger partial charge in [0, 0.05) is 29.1 Å². The fraction of sp³-hybridized carbons (Fsp3) is 0.320. The van der Waals surface area contributed by atoms with E-state index in [0.717, 1.165) is 45.9 Å². The normalized spacial score (nSPS) is 11.5. The summed E-state index contributed by atoms with van der Waals surface area (Å²) in [5.74, 6) is 0.223. The van der Waals surface area contributed by atoms with Gasteiger partial charge in [0.1, 0.15) is 0 Å². The Labute approximate surface area is 184 Å². The van der Waals surface area contributed by atoms with Crippen LogP contribution in [0.5, 0.6) is 0 Å². The largest absolute Gasteiger partial charge is 0.326 e. The summed E-state index contributed by atoms with van der Waals surface area (Å²) in [5.41, 5.74) is 7.89. The molecule has 6 nitrogen and oxygen atoms in total. The number of amides is 1. The van der Waals surface area contributed by atoms with E-state index >= 15 is 0 Å². The highest BCUT2D eigenvalue weighted by molar-refractivity contribution is 6.10. The van der Waals surface area contributed by atoms with Crippen molar-refractivity contribution < 1.29 is 4.79 Å². The summed E-state index contributed by atoms with van der Waals surface area (Å²) in [6, 6.07) is 13.7. The molecular formula is C25H31N5O. The Hall–Kier alpha value is -3.41. The van der Waals surface area contributed by atoms with Gasteiger partial charge < -0.3 is 5.32 Å². The minimum absolute atomic E-state index is 0.196. The van der Waals surface area contributed by atoms with Crippen molar-refractivity contribution in [1.82, 2.24) is 15.1 Å². The monoisotopic (exact) mass is 417 g/mol. The zero-order valence-corrected chi connectivity index (χ0v) is 19.2. The van der Waals surface area contributed by atoms with Crippen molar-refractivity contribution in [2.24, 2.45) is 4.99 Å². The molecule has 0 unspecified atom stereocenters. The molecule has 2 N–H and O–H groups in total. The van der Waals surface area contributed by atoms with Crippen LogP contribution in [0.25, 0.3) is 0 Å². The molecule has 0 spiro atoms. The number of guanidine groups is 1. The van der Waals surface area contributed by atoms with E-state index in [1.807, 2.05) is 50.6 Å². The van der Waals surface area contributed by atoms with E-state index in [1.54, 1.807) is 6.07 Å². The molecule has 162 valence electrons. The molecule has 0 saturated heterocycles. The van der Waals surface area contributed by atoms with Gasteiger partial charge in [-0.1, -0.05) is 29.8 Å². The van der Waals surface area contributed by atoms with Gasteiger partial charge >= 0.3 is 0 Å². The summed E-state index contributed by atoms with van der Waals surface area (Å²) >= 11 is 0. The van der Waals surface area contributed by atoms with Crippen LogP contribution in [0.3, 0.4) is 0 Å². The summed E-state index contributed by atoms with van der Waals surface area (Å²) in [4.78, 5) is 17.6. The number of aryl methyl sites for hydroxylation is 5. The average Bonchev–Trinajstić information content (AvgIpc) is 3.01. The van der Waals surface area contributed by atoms with Crippen LogP contribution in [0.15, 0.2) is 47.5 Å². The van der Waals surface area contributed by atoms with Gasteiger partial charge in [0.25, 0.3) is 5.91 Å². The number of carbonyl (C=O) groups excluding carboxylic acids is 1. The Morgan fingerprint density at radius 1 is 1.03 bits per heavy atom. The van der Waals surface area contributed by atoms with Crippen LogP contribution < -0.4 is 10.6 Å². The van der Waals surface area contributed by atoms with Crippen LogP contribution in [0.4, 0.5) is 5.69 Å². The molecule has 2 aromatic carbocycles. The van der Waals surface area contributed by atoms with Crippen LogP contribution in [-0.2, 0) is 13.1 Å². The number of aliphatic imine (C=N–C) groups is 1. The molecule has 0 saturated carbocycles. The topological polar surface area (TPSA) is 71.3 Å². The Morgan fingerprint density at radius 2 is 1.77 bits per heavy atom. The zero-order valence-electron chi connectivity index (χ0n) is 19.2. The summed E-state index contributed by atoms with van der Waals surface area (Å²) in [6.45, 7) is 13.4. The number of aromatic nitrogens is 2. The Kier molecular flexibility index (Phi) is 6.90. The fourth-order valence-corrected chi connectivity index (χ4v) is 3.50. The van der Waals surface area contributed by atoms with Gasteiger partial charge in [-0.05, 0) is 70.9 Å². The van der Waals surface area contributed by atoms with Gasteiger partial charge in [0.15, 0.2) is 0 Å². The molecule has 1 amide bonds. The minimum Gasteiger partial charge on any atom is -0.326 e. The first-order valence-electron chi connectivity index (χ1n) is 10.6. The Bertz CT molecular complexity index is 1130. The van der Waals surface area contributed by atoms with Crippen molar-refractivity contribution >= 4 is 17.6 Å².